The third-order valence-corrected chi connectivity index (χ3v) is 3.78. The Labute approximate surface area is 95.8 Å². The lowest BCUT2D eigenvalue weighted by molar-refractivity contribution is 0.287. The minimum atomic E-state index is 0.968. The molecule has 0 radical (unpaired) electrons. The van der Waals surface area contributed by atoms with Crippen LogP contribution in [0.4, 0.5) is 0 Å². The van der Waals surface area contributed by atoms with Gasteiger partial charge in [-0.1, -0.05) is 0 Å². The van der Waals surface area contributed by atoms with Crippen molar-refractivity contribution in [1.29, 1.82) is 0 Å². The van der Waals surface area contributed by atoms with Crippen LogP contribution in [0.2, 0.25) is 0 Å². The number of hydrogen-bond donors (Lipinski definition) is 0. The van der Waals surface area contributed by atoms with Crippen LogP contribution in [0.15, 0.2) is 12.4 Å². The van der Waals surface area contributed by atoms with Gasteiger partial charge in [-0.3, -0.25) is 9.58 Å². The van der Waals surface area contributed by atoms with Crippen LogP contribution in [0.1, 0.15) is 18.9 Å². The zero-order chi connectivity index (χ0) is 10.5. The fourth-order valence-electron chi connectivity index (χ4n) is 1.88. The molecule has 1 saturated heterocycles. The van der Waals surface area contributed by atoms with Crippen molar-refractivity contribution in [2.75, 3.05) is 24.6 Å². The number of nitrogens with zero attached hydrogens (tertiary/aromatic N) is 3. The topological polar surface area (TPSA) is 21.1 Å². The molecule has 0 spiro atoms. The fourth-order valence-corrected chi connectivity index (χ4v) is 2.80. The summed E-state index contributed by atoms with van der Waals surface area (Å²) in [5.41, 5.74) is 1.35. The molecule has 0 atom stereocenters. The highest BCUT2D eigenvalue weighted by Gasteiger charge is 2.10. The second-order valence-corrected chi connectivity index (χ2v) is 5.17. The van der Waals surface area contributed by atoms with E-state index in [2.05, 4.69) is 34.9 Å². The molecule has 2 heterocycles. The van der Waals surface area contributed by atoms with Crippen LogP contribution >= 0.6 is 11.8 Å². The summed E-state index contributed by atoms with van der Waals surface area (Å²) in [7, 11) is 0. The maximum atomic E-state index is 4.31. The summed E-state index contributed by atoms with van der Waals surface area (Å²) in [4.78, 5) is 2.54. The van der Waals surface area contributed by atoms with Crippen LogP contribution in [0.5, 0.6) is 0 Å². The first-order valence-corrected chi connectivity index (χ1v) is 6.85. The zero-order valence-corrected chi connectivity index (χ0v) is 10.2. The average Bonchev–Trinajstić information content (AvgIpc) is 2.54. The van der Waals surface area contributed by atoms with Gasteiger partial charge in [0.1, 0.15) is 0 Å². The first-order chi connectivity index (χ1) is 7.38. The maximum absolute atomic E-state index is 4.31. The van der Waals surface area contributed by atoms with Gasteiger partial charge in [0.15, 0.2) is 0 Å². The Morgan fingerprint density at radius 3 is 3.13 bits per heavy atom. The molecule has 84 valence electrons. The molecule has 1 aliphatic rings. The maximum Gasteiger partial charge on any atom is 0.0534 e. The molecule has 0 N–H and O–H groups in total. The molecule has 4 heteroatoms. The van der Waals surface area contributed by atoms with Gasteiger partial charge < -0.3 is 0 Å². The quantitative estimate of drug-likeness (QED) is 0.783. The van der Waals surface area contributed by atoms with Crippen molar-refractivity contribution in [2.24, 2.45) is 0 Å². The second kappa shape index (κ2) is 5.56. The van der Waals surface area contributed by atoms with E-state index in [-0.39, 0.29) is 0 Å². The van der Waals surface area contributed by atoms with E-state index < -0.39 is 0 Å². The molecule has 1 fully saturated rings. The summed E-state index contributed by atoms with van der Waals surface area (Å²) in [6.07, 6.45) is 5.49. The van der Waals surface area contributed by atoms with Crippen LogP contribution in [0.25, 0.3) is 0 Å². The first kappa shape index (κ1) is 11.0. The van der Waals surface area contributed by atoms with Gasteiger partial charge in [0.25, 0.3) is 0 Å². The van der Waals surface area contributed by atoms with Gasteiger partial charge in [0.2, 0.25) is 0 Å². The number of rotatable bonds is 3. The lowest BCUT2D eigenvalue weighted by atomic mass is 10.3. The SMILES string of the molecule is CCn1cc(CN2CCCSCC2)cn1. The second-order valence-electron chi connectivity index (χ2n) is 3.95. The number of thioether (sulfide) groups is 1. The van der Waals surface area contributed by atoms with Gasteiger partial charge in [-0.05, 0) is 25.6 Å². The Hall–Kier alpha value is -0.480. The molecule has 0 aliphatic carbocycles. The van der Waals surface area contributed by atoms with E-state index in [9.17, 15) is 0 Å². The summed E-state index contributed by atoms with van der Waals surface area (Å²) in [6, 6.07) is 0. The number of aromatic nitrogens is 2. The van der Waals surface area contributed by atoms with Crippen molar-refractivity contribution < 1.29 is 0 Å². The van der Waals surface area contributed by atoms with Crippen molar-refractivity contribution >= 4 is 11.8 Å². The smallest absolute Gasteiger partial charge is 0.0534 e. The number of hydrogen-bond acceptors (Lipinski definition) is 3. The van der Waals surface area contributed by atoms with E-state index in [0.29, 0.717) is 0 Å². The Morgan fingerprint density at radius 1 is 1.40 bits per heavy atom. The van der Waals surface area contributed by atoms with E-state index in [4.69, 9.17) is 0 Å². The molecule has 0 saturated carbocycles. The molecule has 0 amide bonds. The lowest BCUT2D eigenvalue weighted by Gasteiger charge is -2.17. The highest BCUT2D eigenvalue weighted by Crippen LogP contribution is 2.12. The summed E-state index contributed by atoms with van der Waals surface area (Å²) < 4.78 is 2.00. The molecule has 0 aromatic carbocycles. The number of aryl methyl sites for hydroxylation is 1. The van der Waals surface area contributed by atoms with Crippen molar-refractivity contribution in [3.8, 4) is 0 Å². The third kappa shape index (κ3) is 3.24. The molecule has 2 rings (SSSR count). The molecule has 3 nitrogen and oxygen atoms in total. The molecule has 0 bridgehead atoms. The summed E-state index contributed by atoms with van der Waals surface area (Å²) in [5.74, 6) is 2.60. The highest BCUT2D eigenvalue weighted by molar-refractivity contribution is 7.99. The summed E-state index contributed by atoms with van der Waals surface area (Å²) in [5, 5.41) is 4.31. The van der Waals surface area contributed by atoms with Crippen LogP contribution in [0, 0.1) is 0 Å². The molecule has 1 aromatic heterocycles. The fraction of sp³-hybridized carbons (Fsp3) is 0.727. The van der Waals surface area contributed by atoms with Gasteiger partial charge in [-0.15, -0.1) is 0 Å². The highest BCUT2D eigenvalue weighted by atomic mass is 32.2. The molecular weight excluding hydrogens is 206 g/mol. The molecule has 1 aromatic rings. The molecule has 0 unspecified atom stereocenters. The Bertz CT molecular complexity index is 290. The monoisotopic (exact) mass is 225 g/mol. The van der Waals surface area contributed by atoms with E-state index in [1.165, 1.54) is 36.6 Å². The van der Waals surface area contributed by atoms with Crippen LogP contribution in [0.3, 0.4) is 0 Å². The lowest BCUT2D eigenvalue weighted by Crippen LogP contribution is -2.25. The van der Waals surface area contributed by atoms with E-state index in [0.717, 1.165) is 13.1 Å². The van der Waals surface area contributed by atoms with Gasteiger partial charge in [0, 0.05) is 37.1 Å². The standard InChI is InChI=1S/C11H19N3S/c1-2-14-10-11(8-12-14)9-13-4-3-6-15-7-5-13/h8,10H,2-7,9H2,1H3. The predicted octanol–water partition coefficient (Wildman–Crippen LogP) is 1.84. The van der Waals surface area contributed by atoms with Crippen LogP contribution < -0.4 is 0 Å². The molecule has 15 heavy (non-hydrogen) atoms. The average molecular weight is 225 g/mol. The molecule has 1 aliphatic heterocycles. The molecular formula is C11H19N3S. The summed E-state index contributed by atoms with van der Waals surface area (Å²) >= 11 is 2.08. The Balaban J connectivity index is 1.89. The first-order valence-electron chi connectivity index (χ1n) is 5.70. The zero-order valence-electron chi connectivity index (χ0n) is 9.35. The normalized spacial score (nSPS) is 19.0. The van der Waals surface area contributed by atoms with Crippen LogP contribution in [-0.4, -0.2) is 39.3 Å². The van der Waals surface area contributed by atoms with Gasteiger partial charge in [-0.2, -0.15) is 16.9 Å². The predicted molar refractivity (Wildman–Crippen MR) is 65.1 cm³/mol. The van der Waals surface area contributed by atoms with E-state index in [1.807, 2.05) is 10.9 Å². The van der Waals surface area contributed by atoms with Crippen molar-refractivity contribution in [1.82, 2.24) is 14.7 Å². The van der Waals surface area contributed by atoms with E-state index >= 15 is 0 Å². The van der Waals surface area contributed by atoms with Gasteiger partial charge in [-0.25, -0.2) is 0 Å². The van der Waals surface area contributed by atoms with Crippen molar-refractivity contribution in [3.05, 3.63) is 18.0 Å². The van der Waals surface area contributed by atoms with Gasteiger partial charge >= 0.3 is 0 Å². The Morgan fingerprint density at radius 2 is 2.33 bits per heavy atom. The largest absolute Gasteiger partial charge is 0.298 e. The third-order valence-electron chi connectivity index (χ3n) is 2.73. The van der Waals surface area contributed by atoms with Crippen LogP contribution in [-0.2, 0) is 13.1 Å². The minimum absolute atomic E-state index is 0.968. The minimum Gasteiger partial charge on any atom is -0.298 e. The summed E-state index contributed by atoms with van der Waals surface area (Å²) in [6.45, 7) is 6.63. The van der Waals surface area contributed by atoms with Crippen molar-refractivity contribution in [3.63, 3.8) is 0 Å². The van der Waals surface area contributed by atoms with Crippen molar-refractivity contribution in [2.45, 2.75) is 26.4 Å². The van der Waals surface area contributed by atoms with Gasteiger partial charge in [0.05, 0.1) is 6.20 Å². The Kier molecular flexibility index (Phi) is 4.09. The van der Waals surface area contributed by atoms with E-state index in [1.54, 1.807) is 0 Å².